The molecule has 20 heavy (non-hydrogen) atoms. The third-order valence-electron chi connectivity index (χ3n) is 3.60. The Labute approximate surface area is 125 Å². The van der Waals surface area contributed by atoms with Crippen LogP contribution in [0.15, 0.2) is 33.2 Å². The Balaban J connectivity index is 2.20. The first-order valence-electron chi connectivity index (χ1n) is 6.47. The molecule has 0 bridgehead atoms. The lowest BCUT2D eigenvalue weighted by atomic mass is 10.1. The summed E-state index contributed by atoms with van der Waals surface area (Å²) in [6, 6.07) is 8.11. The van der Waals surface area contributed by atoms with Gasteiger partial charge in [0, 0.05) is 10.0 Å². The van der Waals surface area contributed by atoms with Gasteiger partial charge in [0.2, 0.25) is 5.95 Å². The molecule has 2 heterocycles. The van der Waals surface area contributed by atoms with Crippen molar-refractivity contribution < 1.29 is 4.42 Å². The van der Waals surface area contributed by atoms with Gasteiger partial charge in [0.25, 0.3) is 0 Å². The third kappa shape index (κ3) is 2.02. The van der Waals surface area contributed by atoms with E-state index in [2.05, 4.69) is 33.9 Å². The van der Waals surface area contributed by atoms with Crippen molar-refractivity contribution in [1.82, 2.24) is 9.55 Å². The van der Waals surface area contributed by atoms with Crippen LogP contribution in [0.2, 0.25) is 0 Å². The molecule has 5 heteroatoms. The number of nitrogens with two attached hydrogens (primary N) is 1. The molecule has 0 aliphatic carbocycles. The van der Waals surface area contributed by atoms with E-state index in [1.165, 1.54) is 0 Å². The van der Waals surface area contributed by atoms with Crippen molar-refractivity contribution in [2.75, 3.05) is 5.73 Å². The van der Waals surface area contributed by atoms with Gasteiger partial charge in [-0.05, 0) is 45.0 Å². The maximum absolute atomic E-state index is 6.10. The molecule has 0 fully saturated rings. The second kappa shape index (κ2) is 4.66. The molecule has 3 rings (SSSR count). The third-order valence-corrected chi connectivity index (χ3v) is 4.09. The Morgan fingerprint density at radius 2 is 2.05 bits per heavy atom. The molecule has 0 amide bonds. The van der Waals surface area contributed by atoms with Crippen LogP contribution < -0.4 is 5.73 Å². The first-order chi connectivity index (χ1) is 9.47. The Morgan fingerprint density at radius 1 is 1.30 bits per heavy atom. The largest absolute Gasteiger partial charge is 0.466 e. The standard InChI is InChI=1S/C15H16BrN3O/c1-8-6-12(10(3)20-8)9(2)19-14-7-11(16)4-5-13(14)18-15(19)17/h4-7,9H,1-3H3,(H2,17,18). The second-order valence-corrected chi connectivity index (χ2v) is 5.93. The number of halogens is 1. The number of benzene rings is 1. The van der Waals surface area contributed by atoms with Gasteiger partial charge in [-0.15, -0.1) is 0 Å². The maximum atomic E-state index is 6.10. The Kier molecular flexibility index (Phi) is 3.09. The van der Waals surface area contributed by atoms with Crippen molar-refractivity contribution in [3.05, 3.63) is 45.8 Å². The summed E-state index contributed by atoms with van der Waals surface area (Å²) in [5.41, 5.74) is 9.15. The second-order valence-electron chi connectivity index (χ2n) is 5.02. The fraction of sp³-hybridized carbons (Fsp3) is 0.267. The minimum atomic E-state index is 0.0757. The number of imidazole rings is 1. The van der Waals surface area contributed by atoms with E-state index in [0.29, 0.717) is 5.95 Å². The number of nitrogens with zero attached hydrogens (tertiary/aromatic N) is 2. The predicted molar refractivity (Wildman–Crippen MR) is 83.8 cm³/mol. The predicted octanol–water partition coefficient (Wildman–Crippen LogP) is 4.20. The zero-order valence-corrected chi connectivity index (χ0v) is 13.2. The first kappa shape index (κ1) is 13.2. The van der Waals surface area contributed by atoms with Crippen LogP contribution in [0, 0.1) is 13.8 Å². The highest BCUT2D eigenvalue weighted by Gasteiger charge is 2.19. The smallest absolute Gasteiger partial charge is 0.201 e. The zero-order valence-electron chi connectivity index (χ0n) is 11.6. The van der Waals surface area contributed by atoms with Gasteiger partial charge < -0.3 is 14.7 Å². The molecule has 1 aromatic carbocycles. The summed E-state index contributed by atoms with van der Waals surface area (Å²) in [6.45, 7) is 6.04. The Bertz CT molecular complexity index is 788. The highest BCUT2D eigenvalue weighted by molar-refractivity contribution is 9.10. The number of hydrogen-bond donors (Lipinski definition) is 1. The van der Waals surface area contributed by atoms with Gasteiger partial charge >= 0.3 is 0 Å². The van der Waals surface area contributed by atoms with Crippen LogP contribution in [-0.2, 0) is 0 Å². The van der Waals surface area contributed by atoms with Gasteiger partial charge in [0.1, 0.15) is 11.5 Å². The van der Waals surface area contributed by atoms with E-state index in [4.69, 9.17) is 10.2 Å². The minimum Gasteiger partial charge on any atom is -0.466 e. The fourth-order valence-electron chi connectivity index (χ4n) is 2.70. The normalized spacial score (nSPS) is 13.0. The van der Waals surface area contributed by atoms with E-state index >= 15 is 0 Å². The SMILES string of the molecule is Cc1cc(C(C)n2c(N)nc3ccc(Br)cc32)c(C)o1. The van der Waals surface area contributed by atoms with Crippen LogP contribution in [0.3, 0.4) is 0 Å². The van der Waals surface area contributed by atoms with E-state index < -0.39 is 0 Å². The molecule has 0 spiro atoms. The summed E-state index contributed by atoms with van der Waals surface area (Å²) in [5.74, 6) is 2.35. The molecular weight excluding hydrogens is 318 g/mol. The molecule has 2 N–H and O–H groups in total. The number of aromatic nitrogens is 2. The fourth-order valence-corrected chi connectivity index (χ4v) is 3.05. The topological polar surface area (TPSA) is 57.0 Å². The molecule has 3 aromatic rings. The minimum absolute atomic E-state index is 0.0757. The molecule has 1 atom stereocenters. The van der Waals surface area contributed by atoms with Gasteiger partial charge in [-0.3, -0.25) is 0 Å². The molecule has 2 aromatic heterocycles. The highest BCUT2D eigenvalue weighted by Crippen LogP contribution is 2.31. The number of fused-ring (bicyclic) bond motifs is 1. The molecule has 4 nitrogen and oxygen atoms in total. The summed E-state index contributed by atoms with van der Waals surface area (Å²) >= 11 is 3.50. The summed E-state index contributed by atoms with van der Waals surface area (Å²) in [5, 5.41) is 0. The van der Waals surface area contributed by atoms with Crippen molar-refractivity contribution in [3.63, 3.8) is 0 Å². The van der Waals surface area contributed by atoms with Gasteiger partial charge in [-0.25, -0.2) is 4.98 Å². The van der Waals surface area contributed by atoms with Gasteiger partial charge in [-0.1, -0.05) is 15.9 Å². The Hall–Kier alpha value is -1.75. The molecule has 0 aliphatic heterocycles. The summed E-state index contributed by atoms with van der Waals surface area (Å²) in [4.78, 5) is 4.43. The van der Waals surface area contributed by atoms with Crippen molar-refractivity contribution in [1.29, 1.82) is 0 Å². The number of hydrogen-bond acceptors (Lipinski definition) is 3. The number of furan rings is 1. The molecule has 0 aliphatic rings. The van der Waals surface area contributed by atoms with Crippen LogP contribution in [0.1, 0.15) is 30.0 Å². The number of rotatable bonds is 2. The summed E-state index contributed by atoms with van der Waals surface area (Å²) < 4.78 is 8.68. The van der Waals surface area contributed by atoms with Crippen LogP contribution in [-0.4, -0.2) is 9.55 Å². The number of nitrogen functional groups attached to an aromatic ring is 1. The van der Waals surface area contributed by atoms with E-state index in [0.717, 1.165) is 32.6 Å². The van der Waals surface area contributed by atoms with Crippen LogP contribution >= 0.6 is 15.9 Å². The lowest BCUT2D eigenvalue weighted by Gasteiger charge is -2.15. The molecule has 1 unspecified atom stereocenters. The quantitative estimate of drug-likeness (QED) is 0.764. The number of aryl methyl sites for hydroxylation is 2. The van der Waals surface area contributed by atoms with Crippen LogP contribution in [0.5, 0.6) is 0 Å². The van der Waals surface area contributed by atoms with Crippen LogP contribution in [0.25, 0.3) is 11.0 Å². The van der Waals surface area contributed by atoms with Crippen molar-refractivity contribution in [3.8, 4) is 0 Å². The van der Waals surface area contributed by atoms with Crippen molar-refractivity contribution >= 4 is 32.9 Å². The lowest BCUT2D eigenvalue weighted by molar-refractivity contribution is 0.495. The van der Waals surface area contributed by atoms with Crippen molar-refractivity contribution in [2.45, 2.75) is 26.8 Å². The highest BCUT2D eigenvalue weighted by atomic mass is 79.9. The first-order valence-corrected chi connectivity index (χ1v) is 7.26. The summed E-state index contributed by atoms with van der Waals surface area (Å²) in [6.07, 6.45) is 0. The van der Waals surface area contributed by atoms with E-state index in [1.807, 2.05) is 36.6 Å². The maximum Gasteiger partial charge on any atom is 0.201 e. The number of anilines is 1. The molecule has 0 radical (unpaired) electrons. The van der Waals surface area contributed by atoms with Gasteiger partial charge in [0.05, 0.1) is 17.1 Å². The van der Waals surface area contributed by atoms with E-state index in [9.17, 15) is 0 Å². The average Bonchev–Trinajstić information content (AvgIpc) is 2.87. The molecule has 104 valence electrons. The average molecular weight is 334 g/mol. The van der Waals surface area contributed by atoms with Crippen molar-refractivity contribution in [2.24, 2.45) is 0 Å². The van der Waals surface area contributed by atoms with E-state index in [1.54, 1.807) is 0 Å². The zero-order chi connectivity index (χ0) is 14.4. The molecular formula is C15H16BrN3O. The van der Waals surface area contributed by atoms with E-state index in [-0.39, 0.29) is 6.04 Å². The van der Waals surface area contributed by atoms with Gasteiger partial charge in [-0.2, -0.15) is 0 Å². The Morgan fingerprint density at radius 3 is 2.70 bits per heavy atom. The summed E-state index contributed by atoms with van der Waals surface area (Å²) in [7, 11) is 0. The molecule has 0 saturated heterocycles. The monoisotopic (exact) mass is 333 g/mol. The lowest BCUT2D eigenvalue weighted by Crippen LogP contribution is -2.10. The van der Waals surface area contributed by atoms with Gasteiger partial charge in [0.15, 0.2) is 0 Å². The van der Waals surface area contributed by atoms with Crippen LogP contribution in [0.4, 0.5) is 5.95 Å². The molecule has 0 saturated carbocycles.